The van der Waals surface area contributed by atoms with Crippen molar-refractivity contribution in [3.05, 3.63) is 54.1 Å². The Hall–Kier alpha value is -2.29. The molecular formula is C17H18O3. The molecule has 0 saturated heterocycles. The van der Waals surface area contributed by atoms with Gasteiger partial charge in [0.1, 0.15) is 5.75 Å². The SMILES string of the molecule is CCOC(=O)CCc1ccc(-c2ccccc2)cc1O. The average molecular weight is 270 g/mol. The maximum absolute atomic E-state index is 11.3. The number of phenols is 1. The van der Waals surface area contributed by atoms with Crippen molar-refractivity contribution in [3.8, 4) is 16.9 Å². The summed E-state index contributed by atoms with van der Waals surface area (Å²) in [4.78, 5) is 11.3. The summed E-state index contributed by atoms with van der Waals surface area (Å²) in [5, 5.41) is 10.0. The van der Waals surface area contributed by atoms with E-state index in [1.807, 2.05) is 42.5 Å². The molecule has 0 spiro atoms. The van der Waals surface area contributed by atoms with Gasteiger partial charge >= 0.3 is 5.97 Å². The van der Waals surface area contributed by atoms with Crippen LogP contribution in [0.25, 0.3) is 11.1 Å². The van der Waals surface area contributed by atoms with Crippen LogP contribution in [0.4, 0.5) is 0 Å². The van der Waals surface area contributed by atoms with Crippen molar-refractivity contribution in [3.63, 3.8) is 0 Å². The molecule has 20 heavy (non-hydrogen) atoms. The first kappa shape index (κ1) is 14.1. The normalized spacial score (nSPS) is 10.2. The van der Waals surface area contributed by atoms with Crippen molar-refractivity contribution in [2.24, 2.45) is 0 Å². The number of carbonyl (C=O) groups excluding carboxylic acids is 1. The van der Waals surface area contributed by atoms with Crippen molar-refractivity contribution < 1.29 is 14.6 Å². The molecule has 0 aliphatic heterocycles. The highest BCUT2D eigenvalue weighted by molar-refractivity contribution is 5.70. The van der Waals surface area contributed by atoms with Crippen molar-refractivity contribution in [1.82, 2.24) is 0 Å². The number of esters is 1. The highest BCUT2D eigenvalue weighted by Crippen LogP contribution is 2.27. The number of hydrogen-bond donors (Lipinski definition) is 1. The molecule has 0 atom stereocenters. The first-order valence-electron chi connectivity index (χ1n) is 6.73. The largest absolute Gasteiger partial charge is 0.508 e. The number of carbonyl (C=O) groups is 1. The van der Waals surface area contributed by atoms with Crippen molar-refractivity contribution in [2.45, 2.75) is 19.8 Å². The van der Waals surface area contributed by atoms with E-state index in [4.69, 9.17) is 4.74 Å². The quantitative estimate of drug-likeness (QED) is 0.845. The van der Waals surface area contributed by atoms with Gasteiger partial charge in [-0.1, -0.05) is 42.5 Å². The Morgan fingerprint density at radius 2 is 1.85 bits per heavy atom. The summed E-state index contributed by atoms with van der Waals surface area (Å²) in [6, 6.07) is 15.4. The van der Waals surface area contributed by atoms with E-state index < -0.39 is 0 Å². The molecule has 0 unspecified atom stereocenters. The van der Waals surface area contributed by atoms with Gasteiger partial charge in [0.2, 0.25) is 0 Å². The first-order chi connectivity index (χ1) is 9.70. The molecule has 0 saturated carbocycles. The molecule has 0 aliphatic rings. The molecule has 0 aromatic heterocycles. The second-order valence-electron chi connectivity index (χ2n) is 4.51. The molecule has 1 N–H and O–H groups in total. The van der Waals surface area contributed by atoms with Gasteiger partial charge in [-0.25, -0.2) is 0 Å². The highest BCUT2D eigenvalue weighted by atomic mass is 16.5. The predicted octanol–water partition coefficient (Wildman–Crippen LogP) is 3.55. The number of aromatic hydroxyl groups is 1. The fraction of sp³-hybridized carbons (Fsp3) is 0.235. The van der Waals surface area contributed by atoms with Gasteiger partial charge in [-0.2, -0.15) is 0 Å². The van der Waals surface area contributed by atoms with Crippen LogP contribution in [0.5, 0.6) is 5.75 Å². The lowest BCUT2D eigenvalue weighted by molar-refractivity contribution is -0.143. The minimum Gasteiger partial charge on any atom is -0.508 e. The third-order valence-corrected chi connectivity index (χ3v) is 3.10. The van der Waals surface area contributed by atoms with Crippen molar-refractivity contribution in [1.29, 1.82) is 0 Å². The van der Waals surface area contributed by atoms with Crippen LogP contribution in [-0.4, -0.2) is 17.7 Å². The van der Waals surface area contributed by atoms with Gasteiger partial charge in [0.25, 0.3) is 0 Å². The van der Waals surface area contributed by atoms with Gasteiger partial charge in [-0.05, 0) is 36.1 Å². The molecule has 2 rings (SSSR count). The van der Waals surface area contributed by atoms with E-state index in [-0.39, 0.29) is 18.1 Å². The highest BCUT2D eigenvalue weighted by Gasteiger charge is 2.07. The zero-order valence-corrected chi connectivity index (χ0v) is 11.5. The van der Waals surface area contributed by atoms with Gasteiger partial charge in [-0.3, -0.25) is 4.79 Å². The molecule has 2 aromatic carbocycles. The van der Waals surface area contributed by atoms with Crippen LogP contribution < -0.4 is 0 Å². The van der Waals surface area contributed by atoms with E-state index in [1.165, 1.54) is 0 Å². The second-order valence-corrected chi connectivity index (χ2v) is 4.51. The Bertz CT molecular complexity index is 576. The predicted molar refractivity (Wildman–Crippen MR) is 78.5 cm³/mol. The number of hydrogen-bond acceptors (Lipinski definition) is 3. The van der Waals surface area contributed by atoms with Crippen LogP contribution in [0.3, 0.4) is 0 Å². The van der Waals surface area contributed by atoms with Crippen LogP contribution in [0, 0.1) is 0 Å². The van der Waals surface area contributed by atoms with E-state index in [1.54, 1.807) is 13.0 Å². The summed E-state index contributed by atoms with van der Waals surface area (Å²) in [6.07, 6.45) is 0.770. The van der Waals surface area contributed by atoms with E-state index in [0.717, 1.165) is 16.7 Å². The van der Waals surface area contributed by atoms with Gasteiger partial charge < -0.3 is 9.84 Å². The van der Waals surface area contributed by atoms with Gasteiger partial charge in [0.05, 0.1) is 6.61 Å². The molecule has 104 valence electrons. The summed E-state index contributed by atoms with van der Waals surface area (Å²) >= 11 is 0. The minimum atomic E-state index is -0.237. The Kier molecular flexibility index (Phi) is 4.77. The van der Waals surface area contributed by atoms with Gasteiger partial charge in [-0.15, -0.1) is 0 Å². The second kappa shape index (κ2) is 6.75. The Morgan fingerprint density at radius 1 is 1.10 bits per heavy atom. The fourth-order valence-electron chi connectivity index (χ4n) is 2.06. The topological polar surface area (TPSA) is 46.5 Å². The van der Waals surface area contributed by atoms with Crippen LogP contribution in [0.15, 0.2) is 48.5 Å². The van der Waals surface area contributed by atoms with Crippen LogP contribution in [0.2, 0.25) is 0 Å². The molecule has 0 radical (unpaired) electrons. The Labute approximate surface area is 118 Å². The molecule has 2 aromatic rings. The third kappa shape index (κ3) is 3.60. The maximum Gasteiger partial charge on any atom is 0.306 e. The molecular weight excluding hydrogens is 252 g/mol. The number of aryl methyl sites for hydroxylation is 1. The van der Waals surface area contributed by atoms with E-state index in [0.29, 0.717) is 13.0 Å². The fourth-order valence-corrected chi connectivity index (χ4v) is 2.06. The molecule has 0 aliphatic carbocycles. The summed E-state index contributed by atoms with van der Waals surface area (Å²) in [6.45, 7) is 2.17. The first-order valence-corrected chi connectivity index (χ1v) is 6.73. The maximum atomic E-state index is 11.3. The number of rotatable bonds is 5. The summed E-state index contributed by atoms with van der Waals surface area (Å²) in [5.41, 5.74) is 2.78. The monoisotopic (exact) mass is 270 g/mol. The number of benzene rings is 2. The van der Waals surface area contributed by atoms with Gasteiger partial charge in [0.15, 0.2) is 0 Å². The lowest BCUT2D eigenvalue weighted by Gasteiger charge is -2.07. The molecule has 0 fully saturated rings. The third-order valence-electron chi connectivity index (χ3n) is 3.10. The lowest BCUT2D eigenvalue weighted by Crippen LogP contribution is -2.05. The van der Waals surface area contributed by atoms with Crippen molar-refractivity contribution in [2.75, 3.05) is 6.61 Å². The molecule has 0 heterocycles. The number of ether oxygens (including phenoxy) is 1. The van der Waals surface area contributed by atoms with E-state index in [9.17, 15) is 9.90 Å². The van der Waals surface area contributed by atoms with E-state index in [2.05, 4.69) is 0 Å². The van der Waals surface area contributed by atoms with Gasteiger partial charge in [0, 0.05) is 6.42 Å². The summed E-state index contributed by atoms with van der Waals surface area (Å²) < 4.78 is 4.88. The van der Waals surface area contributed by atoms with Crippen LogP contribution in [0.1, 0.15) is 18.9 Å². The van der Waals surface area contributed by atoms with E-state index >= 15 is 0 Å². The molecule has 0 bridgehead atoms. The summed E-state index contributed by atoms with van der Waals surface area (Å²) in [7, 11) is 0. The molecule has 3 heteroatoms. The smallest absolute Gasteiger partial charge is 0.306 e. The van der Waals surface area contributed by atoms with Crippen molar-refractivity contribution >= 4 is 5.97 Å². The minimum absolute atomic E-state index is 0.218. The molecule has 3 nitrogen and oxygen atoms in total. The summed E-state index contributed by atoms with van der Waals surface area (Å²) in [5.74, 6) is -0.0188. The molecule has 0 amide bonds. The standard InChI is InChI=1S/C17H18O3/c1-2-20-17(19)11-10-14-8-9-15(12-16(14)18)13-6-4-3-5-7-13/h3-9,12,18H,2,10-11H2,1H3. The zero-order valence-electron chi connectivity index (χ0n) is 11.5. The average Bonchev–Trinajstić information content (AvgIpc) is 2.47. The zero-order chi connectivity index (χ0) is 14.4. The Balaban J connectivity index is 2.08. The van der Waals surface area contributed by atoms with Crippen LogP contribution in [-0.2, 0) is 16.0 Å². The Morgan fingerprint density at radius 3 is 2.50 bits per heavy atom. The lowest BCUT2D eigenvalue weighted by atomic mass is 10.0. The number of phenolic OH excluding ortho intramolecular Hbond substituents is 1. The van der Waals surface area contributed by atoms with Crippen LogP contribution >= 0.6 is 0 Å².